The topological polar surface area (TPSA) is 6.48 Å². The molecule has 5 aliphatic carbocycles. The number of rotatable bonds is 6. The number of hydrogen-bond donors (Lipinski definition) is 0. The van der Waals surface area contributed by atoms with Crippen LogP contribution in [-0.4, -0.2) is 0 Å². The summed E-state index contributed by atoms with van der Waals surface area (Å²) < 4.78 is 0. The number of hydrogen-bond acceptors (Lipinski definition) is 2. The fraction of sp³-hybridized carbons (Fsp3) is 0.180. The van der Waals surface area contributed by atoms with Crippen molar-refractivity contribution in [2.24, 2.45) is 29.1 Å². The third-order valence-corrected chi connectivity index (χ3v) is 17.4. The lowest BCUT2D eigenvalue weighted by Crippen LogP contribution is -2.44. The minimum atomic E-state index is 0.104. The van der Waals surface area contributed by atoms with Gasteiger partial charge in [0.05, 0.1) is 17.1 Å². The molecule has 4 atom stereocenters. The fourth-order valence-electron chi connectivity index (χ4n) is 15.1. The Bertz CT molecular complexity index is 3470. The zero-order chi connectivity index (χ0) is 41.0. The quantitative estimate of drug-likeness (QED) is 0.154. The van der Waals surface area contributed by atoms with Gasteiger partial charge in [-0.3, -0.25) is 0 Å². The van der Waals surface area contributed by atoms with Gasteiger partial charge in [-0.25, -0.2) is 0 Å². The van der Waals surface area contributed by atoms with Gasteiger partial charge in [-0.15, -0.1) is 0 Å². The van der Waals surface area contributed by atoms with Crippen molar-refractivity contribution in [2.45, 2.75) is 37.5 Å². The van der Waals surface area contributed by atoms with E-state index in [-0.39, 0.29) is 5.41 Å². The lowest BCUT2D eigenvalue weighted by molar-refractivity contribution is -0.00187. The molecule has 2 nitrogen and oxygen atoms in total. The molecule has 4 fully saturated rings. The maximum Gasteiger partial charge on any atom is 0.0543 e. The molecule has 0 N–H and O–H groups in total. The minimum Gasteiger partial charge on any atom is -0.310 e. The maximum absolute atomic E-state index is 2.61. The van der Waals surface area contributed by atoms with Gasteiger partial charge in [0.25, 0.3) is 0 Å². The molecule has 63 heavy (non-hydrogen) atoms. The highest BCUT2D eigenvalue weighted by atomic mass is 15.2. The first kappa shape index (κ1) is 34.7. The van der Waals surface area contributed by atoms with E-state index < -0.39 is 0 Å². The number of fused-ring (bicyclic) bond motifs is 10. The van der Waals surface area contributed by atoms with E-state index in [2.05, 4.69) is 204 Å². The first-order chi connectivity index (χ1) is 31.2. The van der Waals surface area contributed by atoms with Gasteiger partial charge in [-0.05, 0) is 165 Å². The van der Waals surface area contributed by atoms with Crippen molar-refractivity contribution in [3.8, 4) is 11.1 Å². The monoisotopic (exact) mass is 806 g/mol. The van der Waals surface area contributed by atoms with Crippen molar-refractivity contribution in [2.75, 3.05) is 9.80 Å². The Balaban J connectivity index is 0.966. The van der Waals surface area contributed by atoms with Gasteiger partial charge in [0.2, 0.25) is 0 Å². The van der Waals surface area contributed by atoms with Crippen molar-refractivity contribution < 1.29 is 0 Å². The van der Waals surface area contributed by atoms with Crippen LogP contribution in [0.3, 0.4) is 0 Å². The van der Waals surface area contributed by atoms with Gasteiger partial charge in [0, 0.05) is 38.8 Å². The Kier molecular flexibility index (Phi) is 6.81. The molecule has 0 aliphatic heterocycles. The molecule has 3 bridgehead atoms. The highest BCUT2D eigenvalue weighted by Gasteiger charge is 2.74. The fourth-order valence-corrected chi connectivity index (χ4v) is 15.1. The summed E-state index contributed by atoms with van der Waals surface area (Å²) in [6, 6.07) is 73.5. The average Bonchev–Trinajstić information content (AvgIpc) is 3.88. The molecule has 0 amide bonds. The van der Waals surface area contributed by atoms with E-state index in [0.717, 1.165) is 35.0 Å². The minimum absolute atomic E-state index is 0.104. The second kappa shape index (κ2) is 12.4. The SMILES string of the molecule is c1ccc(N(c2ccc3ccccc3c2)c2ccc3ccc4c(N(c5ccccc5)c5cccc6c5-c5ccccc5C65C6CC7CC8CC5CC78C6)ccc5ccc2c3c54)cc1. The molecule has 0 radical (unpaired) electrons. The summed E-state index contributed by atoms with van der Waals surface area (Å²) in [4.78, 5) is 5.06. The van der Waals surface area contributed by atoms with Crippen LogP contribution in [0, 0.1) is 29.1 Å². The summed E-state index contributed by atoms with van der Waals surface area (Å²) in [6.45, 7) is 0. The Morgan fingerprint density at radius 3 is 1.60 bits per heavy atom. The summed E-state index contributed by atoms with van der Waals surface area (Å²) in [5.41, 5.74) is 14.1. The van der Waals surface area contributed by atoms with Crippen LogP contribution in [0.5, 0.6) is 0 Å². The lowest BCUT2D eigenvalue weighted by Gasteiger charge is -2.50. The maximum atomic E-state index is 2.61. The zero-order valence-electron chi connectivity index (χ0n) is 35.2. The molecule has 4 unspecified atom stereocenters. The Morgan fingerprint density at radius 2 is 0.905 bits per heavy atom. The first-order valence-corrected chi connectivity index (χ1v) is 23.3. The van der Waals surface area contributed by atoms with Crippen LogP contribution < -0.4 is 9.80 Å². The Hall–Kier alpha value is -6.90. The van der Waals surface area contributed by atoms with E-state index in [1.165, 1.54) is 109 Å². The summed E-state index contributed by atoms with van der Waals surface area (Å²) >= 11 is 0. The lowest BCUT2D eigenvalue weighted by atomic mass is 9.54. The van der Waals surface area contributed by atoms with Crippen LogP contribution in [0.2, 0.25) is 0 Å². The predicted molar refractivity (Wildman–Crippen MR) is 263 cm³/mol. The van der Waals surface area contributed by atoms with E-state index in [9.17, 15) is 0 Å². The van der Waals surface area contributed by atoms with Gasteiger partial charge >= 0.3 is 0 Å². The van der Waals surface area contributed by atoms with Crippen molar-refractivity contribution in [3.05, 3.63) is 205 Å². The molecule has 2 heteroatoms. The van der Waals surface area contributed by atoms with Gasteiger partial charge < -0.3 is 9.80 Å². The van der Waals surface area contributed by atoms with Gasteiger partial charge in [0.1, 0.15) is 0 Å². The number of nitrogens with zero attached hydrogens (tertiary/aromatic N) is 2. The van der Waals surface area contributed by atoms with Crippen LogP contribution >= 0.6 is 0 Å². The first-order valence-electron chi connectivity index (χ1n) is 23.3. The van der Waals surface area contributed by atoms with Crippen molar-refractivity contribution in [1.82, 2.24) is 0 Å². The van der Waals surface area contributed by atoms with E-state index in [1.807, 2.05) is 0 Å². The summed E-state index contributed by atoms with van der Waals surface area (Å²) in [5, 5.41) is 10.2. The van der Waals surface area contributed by atoms with Crippen molar-refractivity contribution in [1.29, 1.82) is 0 Å². The molecule has 5 aliphatic rings. The molecule has 10 aromatic carbocycles. The molecule has 10 aromatic rings. The standard InChI is InChI=1S/C61H46N2/c1-3-14-46(15-4-1)62(48-27-22-38-12-7-8-13-41(38)32-48)54-30-25-39-24-29-51-55(31-26-40-23-28-50(54)57(39)58(40)51)63(47-16-5-2-6-17-47)56-21-11-20-53-59(56)49-18-9-10-19-52(49)61(53)44-34-42-33-43-35-45(61)37-60(42,43)36-44/h1-32,42-45H,33-37H2. The average molecular weight is 807 g/mol. The summed E-state index contributed by atoms with van der Waals surface area (Å²) in [7, 11) is 0. The molecule has 15 rings (SSSR count). The van der Waals surface area contributed by atoms with E-state index in [0.29, 0.717) is 5.41 Å². The normalized spacial score (nSPS) is 24.6. The molecule has 2 spiro atoms. The molecular weight excluding hydrogens is 761 g/mol. The van der Waals surface area contributed by atoms with Crippen LogP contribution in [0.4, 0.5) is 34.1 Å². The molecule has 300 valence electrons. The van der Waals surface area contributed by atoms with E-state index in [1.54, 1.807) is 11.1 Å². The number of para-hydroxylation sites is 2. The number of benzene rings is 10. The zero-order valence-corrected chi connectivity index (χ0v) is 35.2. The highest BCUT2D eigenvalue weighted by molar-refractivity contribution is 6.28. The van der Waals surface area contributed by atoms with Crippen LogP contribution in [0.1, 0.15) is 43.2 Å². The summed E-state index contributed by atoms with van der Waals surface area (Å²) in [6.07, 6.45) is 7.17. The van der Waals surface area contributed by atoms with Gasteiger partial charge in [-0.1, -0.05) is 140 Å². The van der Waals surface area contributed by atoms with Crippen LogP contribution in [-0.2, 0) is 5.41 Å². The Labute approximate surface area is 368 Å². The largest absolute Gasteiger partial charge is 0.310 e. The van der Waals surface area contributed by atoms with Crippen LogP contribution in [0.25, 0.3) is 54.2 Å². The molecular formula is C61H46N2. The number of anilines is 6. The van der Waals surface area contributed by atoms with Crippen molar-refractivity contribution in [3.63, 3.8) is 0 Å². The smallest absolute Gasteiger partial charge is 0.0543 e. The third kappa shape index (κ3) is 4.39. The second-order valence-corrected chi connectivity index (χ2v) is 19.7. The summed E-state index contributed by atoms with van der Waals surface area (Å²) in [5.74, 6) is 3.35. The van der Waals surface area contributed by atoms with Crippen molar-refractivity contribution >= 4 is 77.2 Å². The van der Waals surface area contributed by atoms with Gasteiger partial charge in [0.15, 0.2) is 0 Å². The van der Waals surface area contributed by atoms with Crippen LogP contribution in [0.15, 0.2) is 194 Å². The predicted octanol–water partition coefficient (Wildman–Crippen LogP) is 16.4. The van der Waals surface area contributed by atoms with E-state index >= 15 is 0 Å². The molecule has 0 saturated heterocycles. The third-order valence-electron chi connectivity index (χ3n) is 17.4. The second-order valence-electron chi connectivity index (χ2n) is 19.7. The highest BCUT2D eigenvalue weighted by Crippen LogP contribution is 2.82. The Morgan fingerprint density at radius 1 is 0.365 bits per heavy atom. The molecule has 4 saturated carbocycles. The molecule has 0 heterocycles. The van der Waals surface area contributed by atoms with E-state index in [4.69, 9.17) is 0 Å². The molecule has 0 aromatic heterocycles. The van der Waals surface area contributed by atoms with Gasteiger partial charge in [-0.2, -0.15) is 0 Å².